The Morgan fingerprint density at radius 3 is 2.60 bits per heavy atom. The fourth-order valence-corrected chi connectivity index (χ4v) is 3.09. The molecule has 1 aliphatic rings. The summed E-state index contributed by atoms with van der Waals surface area (Å²) in [5, 5.41) is 0.868. The summed E-state index contributed by atoms with van der Waals surface area (Å²) < 4.78 is 0. The summed E-state index contributed by atoms with van der Waals surface area (Å²) in [6.07, 6.45) is 6.05. The molecule has 2 rings (SSSR count). The Kier molecular flexibility index (Phi) is 5.74. The molecule has 0 spiro atoms. The quantitative estimate of drug-likeness (QED) is 0.815. The second-order valence-electron chi connectivity index (χ2n) is 5.99. The first-order valence-electron chi connectivity index (χ1n) is 7.93. The van der Waals surface area contributed by atoms with Crippen LogP contribution in [0.2, 0.25) is 5.02 Å². The van der Waals surface area contributed by atoms with E-state index in [1.165, 1.54) is 30.5 Å². The summed E-state index contributed by atoms with van der Waals surface area (Å²) in [4.78, 5) is 2.41. The summed E-state index contributed by atoms with van der Waals surface area (Å²) in [6, 6.07) is 6.67. The number of anilines is 1. The average Bonchev–Trinajstić information content (AvgIpc) is 2.39. The van der Waals surface area contributed by atoms with Crippen molar-refractivity contribution in [3.63, 3.8) is 0 Å². The molecule has 0 aromatic heterocycles. The molecule has 112 valence electrons. The van der Waals surface area contributed by atoms with Crippen molar-refractivity contribution < 1.29 is 0 Å². The highest BCUT2D eigenvalue weighted by Crippen LogP contribution is 2.32. The fraction of sp³-hybridized carbons (Fsp3) is 0.647. The van der Waals surface area contributed by atoms with Gasteiger partial charge >= 0.3 is 0 Å². The maximum Gasteiger partial charge on any atom is 0.0642 e. The zero-order valence-electron chi connectivity index (χ0n) is 12.7. The molecule has 1 aliphatic carbocycles. The van der Waals surface area contributed by atoms with Crippen molar-refractivity contribution in [1.29, 1.82) is 0 Å². The lowest BCUT2D eigenvalue weighted by atomic mass is 9.85. The smallest absolute Gasteiger partial charge is 0.0642 e. The van der Waals surface area contributed by atoms with E-state index >= 15 is 0 Å². The highest BCUT2D eigenvalue weighted by molar-refractivity contribution is 6.33. The van der Waals surface area contributed by atoms with Gasteiger partial charge in [-0.25, -0.2) is 0 Å². The van der Waals surface area contributed by atoms with Crippen LogP contribution in [0.4, 0.5) is 5.69 Å². The number of hydrogen-bond donors (Lipinski definition) is 1. The largest absolute Gasteiger partial charge is 0.370 e. The highest BCUT2D eigenvalue weighted by atomic mass is 35.5. The van der Waals surface area contributed by atoms with E-state index in [2.05, 4.69) is 36.9 Å². The molecular formula is C17H27ClN2. The molecule has 1 aromatic carbocycles. The first kappa shape index (κ1) is 15.7. The minimum atomic E-state index is 0.231. The summed E-state index contributed by atoms with van der Waals surface area (Å²) in [5.74, 6) is 0.860. The third-order valence-electron chi connectivity index (χ3n) is 4.46. The van der Waals surface area contributed by atoms with E-state index in [0.717, 1.165) is 36.9 Å². The standard InChI is InChI=1S/C17H27ClN2/c1-3-15(19)10-14-8-9-17(16(18)11-14)20(4-2)12-13-6-5-7-13/h8-9,11,13,15H,3-7,10,12,19H2,1-2H3. The van der Waals surface area contributed by atoms with E-state index in [0.29, 0.717) is 0 Å². The first-order chi connectivity index (χ1) is 9.63. The van der Waals surface area contributed by atoms with Crippen LogP contribution in [0.3, 0.4) is 0 Å². The van der Waals surface area contributed by atoms with E-state index in [1.54, 1.807) is 0 Å². The van der Waals surface area contributed by atoms with E-state index in [4.69, 9.17) is 17.3 Å². The molecule has 1 fully saturated rings. The van der Waals surface area contributed by atoms with Crippen molar-refractivity contribution in [2.75, 3.05) is 18.0 Å². The minimum absolute atomic E-state index is 0.231. The molecule has 20 heavy (non-hydrogen) atoms. The second kappa shape index (κ2) is 7.33. The van der Waals surface area contributed by atoms with Gasteiger partial charge in [-0.3, -0.25) is 0 Å². The molecular weight excluding hydrogens is 268 g/mol. The fourth-order valence-electron chi connectivity index (χ4n) is 2.77. The van der Waals surface area contributed by atoms with Crippen molar-refractivity contribution in [1.82, 2.24) is 0 Å². The Balaban J connectivity index is 2.06. The molecule has 3 heteroatoms. The Morgan fingerprint density at radius 2 is 2.10 bits per heavy atom. The van der Waals surface area contributed by atoms with Gasteiger partial charge in [-0.2, -0.15) is 0 Å². The summed E-state index contributed by atoms with van der Waals surface area (Å²) in [5.41, 5.74) is 8.44. The summed E-state index contributed by atoms with van der Waals surface area (Å²) >= 11 is 6.49. The predicted octanol–water partition coefficient (Wildman–Crippen LogP) is 4.25. The number of benzene rings is 1. The number of nitrogens with two attached hydrogens (primary N) is 1. The van der Waals surface area contributed by atoms with Crippen molar-refractivity contribution >= 4 is 17.3 Å². The maximum absolute atomic E-state index is 6.49. The lowest BCUT2D eigenvalue weighted by Gasteiger charge is -2.33. The van der Waals surface area contributed by atoms with Crippen molar-refractivity contribution in [3.8, 4) is 0 Å². The van der Waals surface area contributed by atoms with Crippen molar-refractivity contribution in [3.05, 3.63) is 28.8 Å². The Hall–Kier alpha value is -0.730. The third kappa shape index (κ3) is 3.89. The van der Waals surface area contributed by atoms with Crippen LogP contribution in [0.25, 0.3) is 0 Å². The van der Waals surface area contributed by atoms with E-state index in [-0.39, 0.29) is 6.04 Å². The van der Waals surface area contributed by atoms with Crippen LogP contribution in [0.1, 0.15) is 45.1 Å². The van der Waals surface area contributed by atoms with Gasteiger partial charge in [0, 0.05) is 19.1 Å². The summed E-state index contributed by atoms with van der Waals surface area (Å²) in [7, 11) is 0. The van der Waals surface area contributed by atoms with Crippen LogP contribution in [-0.2, 0) is 6.42 Å². The molecule has 0 bridgehead atoms. The van der Waals surface area contributed by atoms with E-state index in [1.807, 2.05) is 0 Å². The molecule has 1 saturated carbocycles. The highest BCUT2D eigenvalue weighted by Gasteiger charge is 2.21. The van der Waals surface area contributed by atoms with Gasteiger partial charge in [0.05, 0.1) is 10.7 Å². The lowest BCUT2D eigenvalue weighted by molar-refractivity contribution is 0.318. The molecule has 1 atom stereocenters. The topological polar surface area (TPSA) is 29.3 Å². The van der Waals surface area contributed by atoms with Crippen LogP contribution >= 0.6 is 11.6 Å². The normalized spacial score (nSPS) is 16.8. The van der Waals surface area contributed by atoms with Gasteiger partial charge in [-0.15, -0.1) is 0 Å². The van der Waals surface area contributed by atoms with Crippen LogP contribution in [-0.4, -0.2) is 19.1 Å². The lowest BCUT2D eigenvalue weighted by Crippen LogP contribution is -2.32. The number of halogens is 1. The SMILES string of the molecule is CCC(N)Cc1ccc(N(CC)CC2CCC2)c(Cl)c1. The Morgan fingerprint density at radius 1 is 1.35 bits per heavy atom. The second-order valence-corrected chi connectivity index (χ2v) is 6.40. The Labute approximate surface area is 128 Å². The van der Waals surface area contributed by atoms with Gasteiger partial charge < -0.3 is 10.6 Å². The molecule has 0 saturated heterocycles. The van der Waals surface area contributed by atoms with E-state index < -0.39 is 0 Å². The number of rotatable bonds is 7. The zero-order chi connectivity index (χ0) is 14.5. The molecule has 0 aliphatic heterocycles. The monoisotopic (exact) mass is 294 g/mol. The molecule has 2 N–H and O–H groups in total. The van der Waals surface area contributed by atoms with Crippen LogP contribution < -0.4 is 10.6 Å². The Bertz CT molecular complexity index is 429. The van der Waals surface area contributed by atoms with Gasteiger partial charge in [-0.1, -0.05) is 31.0 Å². The molecule has 2 nitrogen and oxygen atoms in total. The molecule has 0 heterocycles. The van der Waals surface area contributed by atoms with Gasteiger partial charge in [0.15, 0.2) is 0 Å². The molecule has 0 radical (unpaired) electrons. The maximum atomic E-state index is 6.49. The van der Waals surface area contributed by atoms with Crippen molar-refractivity contribution in [2.24, 2.45) is 11.7 Å². The predicted molar refractivity (Wildman–Crippen MR) is 88.7 cm³/mol. The van der Waals surface area contributed by atoms with Crippen LogP contribution in [0.15, 0.2) is 18.2 Å². The van der Waals surface area contributed by atoms with Gasteiger partial charge in [-0.05, 0) is 56.2 Å². The average molecular weight is 295 g/mol. The third-order valence-corrected chi connectivity index (χ3v) is 4.76. The zero-order valence-corrected chi connectivity index (χ0v) is 13.5. The van der Waals surface area contributed by atoms with Crippen LogP contribution in [0, 0.1) is 5.92 Å². The minimum Gasteiger partial charge on any atom is -0.370 e. The summed E-state index contributed by atoms with van der Waals surface area (Å²) in [6.45, 7) is 6.49. The van der Waals surface area contributed by atoms with E-state index in [9.17, 15) is 0 Å². The molecule has 1 aromatic rings. The van der Waals surface area contributed by atoms with Gasteiger partial charge in [0.2, 0.25) is 0 Å². The van der Waals surface area contributed by atoms with Gasteiger partial charge in [0.25, 0.3) is 0 Å². The van der Waals surface area contributed by atoms with Crippen molar-refractivity contribution in [2.45, 2.75) is 52.0 Å². The number of hydrogen-bond acceptors (Lipinski definition) is 2. The first-order valence-corrected chi connectivity index (χ1v) is 8.30. The van der Waals surface area contributed by atoms with Gasteiger partial charge in [0.1, 0.15) is 0 Å². The van der Waals surface area contributed by atoms with Crippen LogP contribution in [0.5, 0.6) is 0 Å². The number of nitrogens with zero attached hydrogens (tertiary/aromatic N) is 1. The molecule has 1 unspecified atom stereocenters. The molecule has 0 amide bonds.